The highest BCUT2D eigenvalue weighted by molar-refractivity contribution is 6.01. The molecule has 0 unspecified atom stereocenters. The fourth-order valence-electron chi connectivity index (χ4n) is 2.22. The summed E-state index contributed by atoms with van der Waals surface area (Å²) in [5, 5.41) is 0.657. The maximum Gasteiger partial charge on any atom is 0.288 e. The second kappa shape index (κ2) is 5.81. The van der Waals surface area contributed by atoms with E-state index in [4.69, 9.17) is 19.6 Å². The second-order valence-electron chi connectivity index (χ2n) is 4.76. The van der Waals surface area contributed by atoms with Gasteiger partial charge in [-0.3, -0.25) is 4.79 Å². The van der Waals surface area contributed by atoms with Crippen LogP contribution in [-0.2, 0) is 6.61 Å². The van der Waals surface area contributed by atoms with Gasteiger partial charge in [-0.2, -0.15) is 0 Å². The van der Waals surface area contributed by atoms with E-state index in [1.807, 2.05) is 30.3 Å². The molecule has 3 rings (SSSR count). The Morgan fingerprint density at radius 3 is 2.64 bits per heavy atom. The van der Waals surface area contributed by atoms with Gasteiger partial charge in [0.15, 0.2) is 5.75 Å². The summed E-state index contributed by atoms with van der Waals surface area (Å²) >= 11 is 0. The van der Waals surface area contributed by atoms with Gasteiger partial charge in [0.05, 0.1) is 12.5 Å². The minimum absolute atomic E-state index is 0.0131. The molecule has 0 aliphatic carbocycles. The first-order valence-electron chi connectivity index (χ1n) is 6.76. The van der Waals surface area contributed by atoms with E-state index >= 15 is 0 Å². The van der Waals surface area contributed by atoms with Crippen LogP contribution in [0, 0.1) is 0 Å². The van der Waals surface area contributed by atoms with Gasteiger partial charge in [-0.1, -0.05) is 30.3 Å². The van der Waals surface area contributed by atoms with Gasteiger partial charge in [0.25, 0.3) is 5.91 Å². The molecule has 0 radical (unpaired) electrons. The SMILES string of the molecule is COc1ccc2oc(C(N)=O)c(OCc3ccccc3)c2c1. The van der Waals surface area contributed by atoms with Crippen molar-refractivity contribution in [1.29, 1.82) is 0 Å². The van der Waals surface area contributed by atoms with Crippen LogP contribution >= 0.6 is 0 Å². The number of carbonyl (C=O) groups is 1. The van der Waals surface area contributed by atoms with Crippen molar-refractivity contribution in [3.8, 4) is 11.5 Å². The Morgan fingerprint density at radius 1 is 1.18 bits per heavy atom. The number of amides is 1. The van der Waals surface area contributed by atoms with Gasteiger partial charge in [-0.05, 0) is 23.8 Å². The van der Waals surface area contributed by atoms with Crippen molar-refractivity contribution in [2.45, 2.75) is 6.61 Å². The van der Waals surface area contributed by atoms with Crippen LogP contribution in [0.5, 0.6) is 11.5 Å². The van der Waals surface area contributed by atoms with Crippen LogP contribution < -0.4 is 15.2 Å². The lowest BCUT2D eigenvalue weighted by Crippen LogP contribution is -2.11. The number of benzene rings is 2. The topological polar surface area (TPSA) is 74.7 Å². The monoisotopic (exact) mass is 297 g/mol. The predicted molar refractivity (Wildman–Crippen MR) is 82.1 cm³/mol. The molecule has 0 saturated heterocycles. The normalized spacial score (nSPS) is 10.6. The first-order valence-corrected chi connectivity index (χ1v) is 6.76. The van der Waals surface area contributed by atoms with Crippen molar-refractivity contribution in [1.82, 2.24) is 0 Å². The summed E-state index contributed by atoms with van der Waals surface area (Å²) in [7, 11) is 1.57. The zero-order valence-electron chi connectivity index (χ0n) is 12.0. The van der Waals surface area contributed by atoms with Crippen LogP contribution in [0.1, 0.15) is 16.1 Å². The van der Waals surface area contributed by atoms with Crippen LogP contribution in [0.4, 0.5) is 0 Å². The number of rotatable bonds is 5. The Kier molecular flexibility index (Phi) is 3.70. The third-order valence-corrected chi connectivity index (χ3v) is 3.30. The van der Waals surface area contributed by atoms with E-state index in [1.54, 1.807) is 25.3 Å². The lowest BCUT2D eigenvalue weighted by Gasteiger charge is -2.06. The zero-order valence-corrected chi connectivity index (χ0v) is 12.0. The summed E-state index contributed by atoms with van der Waals surface area (Å²) in [6.45, 7) is 0.312. The fourth-order valence-corrected chi connectivity index (χ4v) is 2.22. The Bertz CT molecular complexity index is 808. The van der Waals surface area contributed by atoms with Crippen LogP contribution in [0.25, 0.3) is 11.0 Å². The molecule has 0 saturated carbocycles. The molecule has 2 N–H and O–H groups in total. The average molecular weight is 297 g/mol. The minimum atomic E-state index is -0.668. The standard InChI is InChI=1S/C17H15NO4/c1-20-12-7-8-14-13(9-12)15(16(22-14)17(18)19)21-10-11-5-3-2-4-6-11/h2-9H,10H2,1H3,(H2,18,19). The molecule has 0 atom stereocenters. The van der Waals surface area contributed by atoms with Gasteiger partial charge >= 0.3 is 0 Å². The van der Waals surface area contributed by atoms with Crippen molar-refractivity contribution in [2.75, 3.05) is 7.11 Å². The van der Waals surface area contributed by atoms with Gasteiger partial charge < -0.3 is 19.6 Å². The second-order valence-corrected chi connectivity index (χ2v) is 4.76. The van der Waals surface area contributed by atoms with Crippen molar-refractivity contribution in [3.63, 3.8) is 0 Å². The van der Waals surface area contributed by atoms with Gasteiger partial charge in [0.1, 0.15) is 17.9 Å². The fraction of sp³-hybridized carbons (Fsp3) is 0.118. The highest BCUT2D eigenvalue weighted by Gasteiger charge is 2.20. The third-order valence-electron chi connectivity index (χ3n) is 3.30. The predicted octanol–water partition coefficient (Wildman–Crippen LogP) is 3.12. The quantitative estimate of drug-likeness (QED) is 0.785. The lowest BCUT2D eigenvalue weighted by atomic mass is 10.2. The van der Waals surface area contributed by atoms with Gasteiger partial charge in [0.2, 0.25) is 5.76 Å². The van der Waals surface area contributed by atoms with E-state index in [0.717, 1.165) is 5.56 Å². The van der Waals surface area contributed by atoms with E-state index in [2.05, 4.69) is 0 Å². The number of hydrogen-bond donors (Lipinski definition) is 1. The molecular weight excluding hydrogens is 282 g/mol. The Hall–Kier alpha value is -2.95. The molecule has 5 nitrogen and oxygen atoms in total. The summed E-state index contributed by atoms with van der Waals surface area (Å²) in [4.78, 5) is 11.6. The van der Waals surface area contributed by atoms with E-state index < -0.39 is 5.91 Å². The van der Waals surface area contributed by atoms with Gasteiger partial charge in [-0.15, -0.1) is 0 Å². The average Bonchev–Trinajstić information content (AvgIpc) is 2.91. The summed E-state index contributed by atoms with van der Waals surface area (Å²) < 4.78 is 16.5. The smallest absolute Gasteiger partial charge is 0.288 e. The summed E-state index contributed by atoms with van der Waals surface area (Å²) in [5.74, 6) is 0.330. The summed E-state index contributed by atoms with van der Waals surface area (Å²) in [5.41, 5.74) is 6.88. The van der Waals surface area contributed by atoms with Crippen molar-refractivity contribution in [2.24, 2.45) is 5.73 Å². The summed E-state index contributed by atoms with van der Waals surface area (Å²) in [6, 6.07) is 14.9. The number of hydrogen-bond acceptors (Lipinski definition) is 4. The molecule has 0 aliphatic heterocycles. The molecule has 0 bridgehead atoms. The number of ether oxygens (including phenoxy) is 2. The van der Waals surface area contributed by atoms with E-state index in [0.29, 0.717) is 29.1 Å². The molecule has 112 valence electrons. The number of methoxy groups -OCH3 is 1. The largest absolute Gasteiger partial charge is 0.497 e. The molecule has 0 spiro atoms. The molecule has 1 aromatic heterocycles. The third kappa shape index (κ3) is 2.61. The van der Waals surface area contributed by atoms with Crippen LogP contribution in [0.3, 0.4) is 0 Å². The van der Waals surface area contributed by atoms with Crippen LogP contribution in [-0.4, -0.2) is 13.0 Å². The van der Waals surface area contributed by atoms with Crippen molar-refractivity contribution < 1.29 is 18.7 Å². The summed E-state index contributed by atoms with van der Waals surface area (Å²) in [6.07, 6.45) is 0. The number of furan rings is 1. The Morgan fingerprint density at radius 2 is 1.95 bits per heavy atom. The first kappa shape index (κ1) is 14.0. The minimum Gasteiger partial charge on any atom is -0.497 e. The highest BCUT2D eigenvalue weighted by Crippen LogP contribution is 2.35. The van der Waals surface area contributed by atoms with Crippen molar-refractivity contribution in [3.05, 3.63) is 59.9 Å². The highest BCUT2D eigenvalue weighted by atomic mass is 16.5. The molecule has 22 heavy (non-hydrogen) atoms. The lowest BCUT2D eigenvalue weighted by molar-refractivity contribution is 0.0970. The van der Waals surface area contributed by atoms with Crippen molar-refractivity contribution >= 4 is 16.9 Å². The number of fused-ring (bicyclic) bond motifs is 1. The molecular formula is C17H15NO4. The molecule has 1 amide bonds. The molecule has 2 aromatic carbocycles. The Balaban J connectivity index is 2.01. The molecule has 0 aliphatic rings. The van der Waals surface area contributed by atoms with Gasteiger partial charge in [0, 0.05) is 0 Å². The number of primary amides is 1. The van der Waals surface area contributed by atoms with E-state index in [9.17, 15) is 4.79 Å². The van der Waals surface area contributed by atoms with E-state index in [1.165, 1.54) is 0 Å². The maximum absolute atomic E-state index is 11.6. The van der Waals surface area contributed by atoms with Gasteiger partial charge in [-0.25, -0.2) is 0 Å². The zero-order chi connectivity index (χ0) is 15.5. The molecule has 3 aromatic rings. The van der Waals surface area contributed by atoms with E-state index in [-0.39, 0.29) is 5.76 Å². The number of carbonyl (C=O) groups excluding carboxylic acids is 1. The molecule has 5 heteroatoms. The van der Waals surface area contributed by atoms with Crippen LogP contribution in [0.2, 0.25) is 0 Å². The van der Waals surface area contributed by atoms with Crippen LogP contribution in [0.15, 0.2) is 52.9 Å². The first-order chi connectivity index (χ1) is 10.7. The number of nitrogens with two attached hydrogens (primary N) is 1. The molecule has 0 fully saturated rings. The maximum atomic E-state index is 11.6. The Labute approximate surface area is 127 Å². The molecule has 1 heterocycles.